The Morgan fingerprint density at radius 3 is 2.81 bits per heavy atom. The van der Waals surface area contributed by atoms with Crippen LogP contribution in [0.1, 0.15) is 24.8 Å². The molecule has 0 spiro atoms. The van der Waals surface area contributed by atoms with Crippen LogP contribution in [0.2, 0.25) is 0 Å². The third-order valence-electron chi connectivity index (χ3n) is 2.94. The topological polar surface area (TPSA) is 32.3 Å². The van der Waals surface area contributed by atoms with Gasteiger partial charge in [0.05, 0.1) is 0 Å². The van der Waals surface area contributed by atoms with Crippen LogP contribution in [0.5, 0.6) is 5.75 Å². The largest absolute Gasteiger partial charge is 0.508 e. The number of benzene rings is 1. The minimum atomic E-state index is 0.354. The van der Waals surface area contributed by atoms with Crippen molar-refractivity contribution in [3.05, 3.63) is 29.8 Å². The molecular weight excluding hydrogens is 218 g/mol. The molecule has 2 rings (SSSR count). The minimum Gasteiger partial charge on any atom is -0.508 e. The molecule has 1 fully saturated rings. The minimum absolute atomic E-state index is 0.354. The lowest BCUT2D eigenvalue weighted by Gasteiger charge is -2.12. The summed E-state index contributed by atoms with van der Waals surface area (Å²) < 4.78 is 0. The highest BCUT2D eigenvalue weighted by Crippen LogP contribution is 2.25. The van der Waals surface area contributed by atoms with E-state index in [1.807, 2.05) is 23.9 Å². The number of phenolic OH excluding ortho intramolecular Hbond substituents is 1. The Bertz CT molecular complexity index is 304. The number of aromatic hydroxyl groups is 1. The second-order valence-electron chi connectivity index (χ2n) is 4.28. The maximum absolute atomic E-state index is 9.20. The van der Waals surface area contributed by atoms with Gasteiger partial charge < -0.3 is 10.4 Å². The quantitative estimate of drug-likeness (QED) is 0.848. The van der Waals surface area contributed by atoms with E-state index in [-0.39, 0.29) is 0 Å². The smallest absolute Gasteiger partial charge is 0.115 e. The van der Waals surface area contributed by atoms with Crippen LogP contribution in [0.3, 0.4) is 0 Å². The molecule has 0 radical (unpaired) electrons. The summed E-state index contributed by atoms with van der Waals surface area (Å²) in [6, 6.07) is 7.56. The van der Waals surface area contributed by atoms with Gasteiger partial charge in [0.1, 0.15) is 5.75 Å². The number of thioether (sulfide) groups is 1. The molecule has 2 N–H and O–H groups in total. The fourth-order valence-electron chi connectivity index (χ4n) is 1.96. The summed E-state index contributed by atoms with van der Waals surface area (Å²) in [5, 5.41) is 13.4. The average molecular weight is 237 g/mol. The SMILES string of the molecule is Oc1ccc(CSC2CCCNCC2)cc1. The molecule has 1 aromatic rings. The molecule has 1 heterocycles. The fraction of sp³-hybridized carbons (Fsp3) is 0.538. The summed E-state index contributed by atoms with van der Waals surface area (Å²) in [6.45, 7) is 2.34. The zero-order valence-corrected chi connectivity index (χ0v) is 10.3. The molecule has 1 aliphatic heterocycles. The number of phenols is 1. The van der Waals surface area contributed by atoms with Crippen molar-refractivity contribution in [1.29, 1.82) is 0 Å². The second-order valence-corrected chi connectivity index (χ2v) is 5.57. The van der Waals surface area contributed by atoms with E-state index in [1.165, 1.54) is 31.4 Å². The Labute approximate surface area is 101 Å². The van der Waals surface area contributed by atoms with Gasteiger partial charge in [0.25, 0.3) is 0 Å². The number of nitrogens with one attached hydrogen (secondary N) is 1. The molecule has 88 valence electrons. The van der Waals surface area contributed by atoms with Gasteiger partial charge in [-0.2, -0.15) is 11.8 Å². The van der Waals surface area contributed by atoms with Gasteiger partial charge in [-0.05, 0) is 50.0 Å². The van der Waals surface area contributed by atoms with Crippen LogP contribution in [-0.4, -0.2) is 23.4 Å². The number of hydrogen-bond acceptors (Lipinski definition) is 3. The maximum atomic E-state index is 9.20. The summed E-state index contributed by atoms with van der Waals surface area (Å²) in [4.78, 5) is 0. The van der Waals surface area contributed by atoms with Gasteiger partial charge in [-0.25, -0.2) is 0 Å². The van der Waals surface area contributed by atoms with Crippen LogP contribution in [0.4, 0.5) is 0 Å². The van der Waals surface area contributed by atoms with Crippen LogP contribution in [-0.2, 0) is 5.75 Å². The van der Waals surface area contributed by atoms with E-state index in [0.29, 0.717) is 5.75 Å². The van der Waals surface area contributed by atoms with E-state index in [0.717, 1.165) is 17.5 Å². The first-order valence-electron chi connectivity index (χ1n) is 5.95. The monoisotopic (exact) mass is 237 g/mol. The van der Waals surface area contributed by atoms with Crippen molar-refractivity contribution in [2.75, 3.05) is 13.1 Å². The van der Waals surface area contributed by atoms with Gasteiger partial charge in [-0.15, -0.1) is 0 Å². The van der Waals surface area contributed by atoms with Crippen molar-refractivity contribution in [3.63, 3.8) is 0 Å². The first-order valence-corrected chi connectivity index (χ1v) is 7.00. The van der Waals surface area contributed by atoms with E-state index < -0.39 is 0 Å². The molecular formula is C13H19NOS. The maximum Gasteiger partial charge on any atom is 0.115 e. The molecule has 0 aliphatic carbocycles. The molecule has 0 amide bonds. The average Bonchev–Trinajstić information content (AvgIpc) is 2.57. The highest BCUT2D eigenvalue weighted by molar-refractivity contribution is 7.99. The van der Waals surface area contributed by atoms with Crippen molar-refractivity contribution in [3.8, 4) is 5.75 Å². The van der Waals surface area contributed by atoms with Crippen molar-refractivity contribution >= 4 is 11.8 Å². The summed E-state index contributed by atoms with van der Waals surface area (Å²) in [5.74, 6) is 1.41. The molecule has 16 heavy (non-hydrogen) atoms. The highest BCUT2D eigenvalue weighted by Gasteiger charge is 2.11. The van der Waals surface area contributed by atoms with Crippen LogP contribution >= 0.6 is 11.8 Å². The molecule has 1 aromatic carbocycles. The molecule has 1 atom stereocenters. The molecule has 1 saturated heterocycles. The van der Waals surface area contributed by atoms with Crippen molar-refractivity contribution < 1.29 is 5.11 Å². The first kappa shape index (κ1) is 11.8. The molecule has 0 bridgehead atoms. The molecule has 1 unspecified atom stereocenters. The lowest BCUT2D eigenvalue weighted by molar-refractivity contribution is 0.475. The molecule has 1 aliphatic rings. The first-order chi connectivity index (χ1) is 7.84. The Morgan fingerprint density at radius 1 is 1.19 bits per heavy atom. The van der Waals surface area contributed by atoms with Gasteiger partial charge in [0, 0.05) is 11.0 Å². The van der Waals surface area contributed by atoms with Gasteiger partial charge in [-0.3, -0.25) is 0 Å². The van der Waals surface area contributed by atoms with Gasteiger partial charge in [-0.1, -0.05) is 12.1 Å². The van der Waals surface area contributed by atoms with Crippen LogP contribution < -0.4 is 5.32 Å². The third kappa shape index (κ3) is 3.72. The van der Waals surface area contributed by atoms with E-state index >= 15 is 0 Å². The summed E-state index contributed by atoms with van der Waals surface area (Å²) in [7, 11) is 0. The predicted octanol–water partition coefficient (Wildman–Crippen LogP) is 2.77. The molecule has 0 aromatic heterocycles. The summed E-state index contributed by atoms with van der Waals surface area (Å²) in [6.07, 6.45) is 3.91. The predicted molar refractivity (Wildman–Crippen MR) is 69.9 cm³/mol. The lowest BCUT2D eigenvalue weighted by atomic mass is 10.2. The van der Waals surface area contributed by atoms with Crippen molar-refractivity contribution in [2.45, 2.75) is 30.3 Å². The molecule has 0 saturated carbocycles. The van der Waals surface area contributed by atoms with E-state index in [2.05, 4.69) is 5.32 Å². The van der Waals surface area contributed by atoms with E-state index in [4.69, 9.17) is 0 Å². The lowest BCUT2D eigenvalue weighted by Crippen LogP contribution is -2.14. The van der Waals surface area contributed by atoms with Crippen LogP contribution in [0, 0.1) is 0 Å². The van der Waals surface area contributed by atoms with Crippen molar-refractivity contribution in [2.24, 2.45) is 0 Å². The Hall–Kier alpha value is -0.670. The van der Waals surface area contributed by atoms with Crippen molar-refractivity contribution in [1.82, 2.24) is 5.32 Å². The fourth-order valence-corrected chi connectivity index (χ4v) is 3.20. The van der Waals surface area contributed by atoms with Gasteiger partial charge in [0.15, 0.2) is 0 Å². The second kappa shape index (κ2) is 6.16. The third-order valence-corrected chi connectivity index (χ3v) is 4.39. The Kier molecular flexibility index (Phi) is 4.55. The van der Waals surface area contributed by atoms with E-state index in [1.54, 1.807) is 12.1 Å². The summed E-state index contributed by atoms with van der Waals surface area (Å²) in [5.41, 5.74) is 1.31. The Morgan fingerprint density at radius 2 is 2.00 bits per heavy atom. The van der Waals surface area contributed by atoms with Gasteiger partial charge >= 0.3 is 0 Å². The molecule has 3 heteroatoms. The number of hydrogen-bond donors (Lipinski definition) is 2. The normalized spacial score (nSPS) is 21.6. The Balaban J connectivity index is 1.79. The number of rotatable bonds is 3. The zero-order valence-electron chi connectivity index (χ0n) is 9.48. The van der Waals surface area contributed by atoms with Crippen LogP contribution in [0.15, 0.2) is 24.3 Å². The molecule has 2 nitrogen and oxygen atoms in total. The van der Waals surface area contributed by atoms with Crippen LogP contribution in [0.25, 0.3) is 0 Å². The standard InChI is InChI=1S/C13H19NOS/c15-12-5-3-11(4-6-12)10-16-13-2-1-8-14-9-7-13/h3-6,13-15H,1-2,7-10H2. The highest BCUT2D eigenvalue weighted by atomic mass is 32.2. The van der Waals surface area contributed by atoms with Gasteiger partial charge in [0.2, 0.25) is 0 Å². The van der Waals surface area contributed by atoms with E-state index in [9.17, 15) is 5.11 Å². The summed E-state index contributed by atoms with van der Waals surface area (Å²) >= 11 is 2.05. The zero-order chi connectivity index (χ0) is 11.2.